The lowest BCUT2D eigenvalue weighted by atomic mass is 10.1. The first kappa shape index (κ1) is 18.2. The predicted octanol–water partition coefficient (Wildman–Crippen LogP) is 2.70. The van der Waals surface area contributed by atoms with Crippen molar-refractivity contribution in [3.05, 3.63) is 36.0 Å². The van der Waals surface area contributed by atoms with Crippen LogP contribution in [0, 0.1) is 0 Å². The van der Waals surface area contributed by atoms with Crippen LogP contribution in [0.2, 0.25) is 0 Å². The van der Waals surface area contributed by atoms with Gasteiger partial charge in [0.2, 0.25) is 0 Å². The van der Waals surface area contributed by atoms with Crippen LogP contribution < -0.4 is 10.1 Å². The summed E-state index contributed by atoms with van der Waals surface area (Å²) in [5, 5.41) is 12.8. The maximum Gasteiger partial charge on any atom is 0.252 e. The number of rotatable bonds is 7. The fourth-order valence-electron chi connectivity index (χ4n) is 2.34. The van der Waals surface area contributed by atoms with Gasteiger partial charge in [0.25, 0.3) is 5.91 Å². The number of amides is 1. The van der Waals surface area contributed by atoms with Gasteiger partial charge in [0.1, 0.15) is 18.5 Å². The molecule has 0 aliphatic rings. The molecule has 0 aliphatic carbocycles. The first-order chi connectivity index (χ1) is 12.6. The number of carbonyl (C=O) groups excluding carboxylic acids is 1. The maximum atomic E-state index is 11.7. The molecule has 1 atom stereocenters. The smallest absolute Gasteiger partial charge is 0.252 e. The molecule has 8 heteroatoms. The summed E-state index contributed by atoms with van der Waals surface area (Å²) >= 11 is 1.50. The van der Waals surface area contributed by atoms with Crippen LogP contribution in [-0.4, -0.2) is 47.4 Å². The molecule has 2 heterocycles. The van der Waals surface area contributed by atoms with E-state index in [1.54, 1.807) is 37.0 Å². The van der Waals surface area contributed by atoms with Crippen LogP contribution in [-0.2, 0) is 9.53 Å². The van der Waals surface area contributed by atoms with E-state index in [1.807, 2.05) is 6.07 Å². The molecule has 2 N–H and O–H groups in total. The fraction of sp³-hybridized carbons (Fsp3) is 0.278. The Labute approximate surface area is 154 Å². The van der Waals surface area contributed by atoms with E-state index in [9.17, 15) is 9.90 Å². The summed E-state index contributed by atoms with van der Waals surface area (Å²) in [5.74, 6) is 0.170. The van der Waals surface area contributed by atoms with Crippen molar-refractivity contribution in [2.45, 2.75) is 13.0 Å². The van der Waals surface area contributed by atoms with Gasteiger partial charge in [0, 0.05) is 30.4 Å². The highest BCUT2D eigenvalue weighted by Gasteiger charge is 2.13. The average molecular weight is 373 g/mol. The van der Waals surface area contributed by atoms with Gasteiger partial charge in [-0.15, -0.1) is 11.3 Å². The van der Waals surface area contributed by atoms with Crippen molar-refractivity contribution in [1.82, 2.24) is 9.97 Å². The third-order valence-corrected chi connectivity index (χ3v) is 4.44. The summed E-state index contributed by atoms with van der Waals surface area (Å²) in [5.41, 5.74) is 3.82. The number of nitrogens with zero attached hydrogens (tertiary/aromatic N) is 2. The minimum atomic E-state index is -1.09. The minimum absolute atomic E-state index is 0.391. The second kappa shape index (κ2) is 8.22. The van der Waals surface area contributed by atoms with Gasteiger partial charge in [0.15, 0.2) is 0 Å². The number of aliphatic hydroxyl groups is 1. The third kappa shape index (κ3) is 4.16. The Hall–Kier alpha value is -2.55. The number of pyridine rings is 1. The molecule has 1 amide bonds. The van der Waals surface area contributed by atoms with Crippen LogP contribution >= 0.6 is 11.3 Å². The minimum Gasteiger partial charge on any atom is -0.490 e. The molecule has 0 radical (unpaired) electrons. The number of thiazole rings is 1. The zero-order valence-corrected chi connectivity index (χ0v) is 15.2. The summed E-state index contributed by atoms with van der Waals surface area (Å²) in [6.07, 6.45) is 0.671. The molecule has 0 fully saturated rings. The highest BCUT2D eigenvalue weighted by Crippen LogP contribution is 2.33. The van der Waals surface area contributed by atoms with Gasteiger partial charge >= 0.3 is 0 Å². The number of aromatic nitrogens is 2. The van der Waals surface area contributed by atoms with Crippen LogP contribution in [0.5, 0.6) is 5.75 Å². The molecule has 0 saturated heterocycles. The van der Waals surface area contributed by atoms with Crippen LogP contribution in [0.15, 0.2) is 36.0 Å². The van der Waals surface area contributed by atoms with E-state index in [0.717, 1.165) is 21.5 Å². The second-order valence-corrected chi connectivity index (χ2v) is 6.50. The monoisotopic (exact) mass is 373 g/mol. The normalized spacial score (nSPS) is 12.1. The number of aliphatic hydroxyl groups excluding tert-OH is 1. The number of nitrogens with one attached hydrogen (secondary N) is 1. The highest BCUT2D eigenvalue weighted by molar-refractivity contribution is 7.13. The van der Waals surface area contributed by atoms with Crippen molar-refractivity contribution in [3.8, 4) is 16.3 Å². The summed E-state index contributed by atoms with van der Waals surface area (Å²) < 4.78 is 10.9. The Kier molecular flexibility index (Phi) is 5.77. The van der Waals surface area contributed by atoms with Crippen LogP contribution in [0.3, 0.4) is 0 Å². The molecular weight excluding hydrogens is 354 g/mol. The molecule has 1 aromatic carbocycles. The molecule has 0 saturated carbocycles. The largest absolute Gasteiger partial charge is 0.490 e. The van der Waals surface area contributed by atoms with Crippen molar-refractivity contribution < 1.29 is 19.4 Å². The molecule has 3 aromatic rings. The Bertz CT molecular complexity index is 897. The molecule has 3 rings (SSSR count). The van der Waals surface area contributed by atoms with E-state index in [0.29, 0.717) is 24.7 Å². The molecule has 0 bridgehead atoms. The van der Waals surface area contributed by atoms with Crippen LogP contribution in [0.25, 0.3) is 21.5 Å². The Balaban J connectivity index is 2.01. The van der Waals surface area contributed by atoms with E-state index in [-0.39, 0.29) is 0 Å². The lowest BCUT2D eigenvalue weighted by Crippen LogP contribution is -2.24. The van der Waals surface area contributed by atoms with E-state index in [2.05, 4.69) is 15.3 Å². The topological polar surface area (TPSA) is 93.6 Å². The van der Waals surface area contributed by atoms with Gasteiger partial charge in [-0.1, -0.05) is 0 Å². The average Bonchev–Trinajstić information content (AvgIpc) is 3.16. The number of hydrogen-bond donors (Lipinski definition) is 2. The number of methoxy groups -OCH3 is 1. The molecular formula is C18H19N3O4S. The number of anilines is 1. The van der Waals surface area contributed by atoms with Gasteiger partial charge in [-0.2, -0.15) is 0 Å². The van der Waals surface area contributed by atoms with E-state index in [1.165, 1.54) is 18.3 Å². The Morgan fingerprint density at radius 2 is 2.19 bits per heavy atom. The van der Waals surface area contributed by atoms with Gasteiger partial charge in [-0.05, 0) is 25.1 Å². The number of hydrogen-bond acceptors (Lipinski definition) is 7. The van der Waals surface area contributed by atoms with Gasteiger partial charge in [-0.3, -0.25) is 9.78 Å². The SMILES string of the molecule is COCCOc1cc(-c2cncs2)nc2ccc(NC(=O)[C@H](C)O)cc12. The van der Waals surface area contributed by atoms with Gasteiger partial charge < -0.3 is 19.9 Å². The summed E-state index contributed by atoms with van der Waals surface area (Å²) in [4.78, 5) is 21.4. The van der Waals surface area contributed by atoms with Crippen molar-refractivity contribution >= 4 is 33.8 Å². The summed E-state index contributed by atoms with van der Waals surface area (Å²) in [6, 6.07) is 7.18. The molecule has 0 spiro atoms. The molecule has 2 aromatic heterocycles. The van der Waals surface area contributed by atoms with Crippen LogP contribution in [0.1, 0.15) is 6.92 Å². The van der Waals surface area contributed by atoms with E-state index >= 15 is 0 Å². The molecule has 0 unspecified atom stereocenters. The predicted molar refractivity (Wildman–Crippen MR) is 101 cm³/mol. The fourth-order valence-corrected chi connectivity index (χ4v) is 2.92. The lowest BCUT2D eigenvalue weighted by Gasteiger charge is -2.13. The van der Waals surface area contributed by atoms with Gasteiger partial charge in [-0.25, -0.2) is 4.98 Å². The molecule has 0 aliphatic heterocycles. The number of fused-ring (bicyclic) bond motifs is 1. The van der Waals surface area contributed by atoms with Crippen molar-refractivity contribution in [3.63, 3.8) is 0 Å². The van der Waals surface area contributed by atoms with Crippen molar-refractivity contribution in [2.75, 3.05) is 25.6 Å². The van der Waals surface area contributed by atoms with Crippen LogP contribution in [0.4, 0.5) is 5.69 Å². The van der Waals surface area contributed by atoms with E-state index < -0.39 is 12.0 Å². The molecule has 136 valence electrons. The van der Waals surface area contributed by atoms with Crippen molar-refractivity contribution in [1.29, 1.82) is 0 Å². The highest BCUT2D eigenvalue weighted by atomic mass is 32.1. The zero-order valence-electron chi connectivity index (χ0n) is 14.4. The zero-order chi connectivity index (χ0) is 18.5. The third-order valence-electron chi connectivity index (χ3n) is 3.65. The first-order valence-electron chi connectivity index (χ1n) is 8.03. The number of carbonyl (C=O) groups is 1. The Morgan fingerprint density at radius 3 is 2.88 bits per heavy atom. The Morgan fingerprint density at radius 1 is 1.35 bits per heavy atom. The molecule has 26 heavy (non-hydrogen) atoms. The van der Waals surface area contributed by atoms with Crippen molar-refractivity contribution in [2.24, 2.45) is 0 Å². The van der Waals surface area contributed by atoms with E-state index in [4.69, 9.17) is 9.47 Å². The molecule has 7 nitrogen and oxygen atoms in total. The number of ether oxygens (including phenoxy) is 2. The second-order valence-electron chi connectivity index (χ2n) is 5.61. The quantitative estimate of drug-likeness (QED) is 0.619. The summed E-state index contributed by atoms with van der Waals surface area (Å²) in [6.45, 7) is 2.26. The standard InChI is InChI=1S/C18H19N3O4S/c1-11(22)18(23)20-12-3-4-14-13(7-12)16(25-6-5-24-2)8-15(21-14)17-9-19-10-26-17/h3-4,7-11,22H,5-6H2,1-2H3,(H,20,23)/t11-/m0/s1. The summed E-state index contributed by atoms with van der Waals surface area (Å²) in [7, 11) is 1.61. The first-order valence-corrected chi connectivity index (χ1v) is 8.91. The number of benzene rings is 1. The maximum absolute atomic E-state index is 11.7. The van der Waals surface area contributed by atoms with Gasteiger partial charge in [0.05, 0.1) is 28.2 Å². The lowest BCUT2D eigenvalue weighted by molar-refractivity contribution is -0.123.